The zero-order valence-electron chi connectivity index (χ0n) is 32.9. The number of phenolic OH excluding ortho intramolecular Hbond substituents is 1. The van der Waals surface area contributed by atoms with Gasteiger partial charge in [0.05, 0.1) is 68.3 Å². The van der Waals surface area contributed by atoms with Crippen LogP contribution in [0.1, 0.15) is 65.6 Å². The molecule has 0 saturated heterocycles. The summed E-state index contributed by atoms with van der Waals surface area (Å²) in [5, 5.41) is 44.8. The Balaban J connectivity index is 0.000000154. The predicted octanol–water partition coefficient (Wildman–Crippen LogP) is 3.83. The zero-order valence-corrected chi connectivity index (χ0v) is 32.9. The molecule has 10 rings (SSSR count). The molecule has 17 nitrogen and oxygen atoms in total. The number of nitrogens with zero attached hydrogens (tertiary/aromatic N) is 6. The first kappa shape index (κ1) is 38.7. The van der Waals surface area contributed by atoms with E-state index in [9.17, 15) is 44.6 Å². The van der Waals surface area contributed by atoms with Crippen LogP contribution in [0.5, 0.6) is 5.75 Å². The van der Waals surface area contributed by atoms with E-state index >= 15 is 0 Å². The summed E-state index contributed by atoms with van der Waals surface area (Å²) in [5.74, 6) is -1.31. The Hall–Kier alpha value is -6.82. The van der Waals surface area contributed by atoms with Crippen molar-refractivity contribution in [2.75, 3.05) is 14.1 Å². The van der Waals surface area contributed by atoms with E-state index in [0.29, 0.717) is 69.0 Å². The van der Waals surface area contributed by atoms with Gasteiger partial charge in [0.2, 0.25) is 0 Å². The number of aromatic hydroxyl groups is 1. The van der Waals surface area contributed by atoms with Gasteiger partial charge in [-0.2, -0.15) is 0 Å². The molecule has 0 spiro atoms. The summed E-state index contributed by atoms with van der Waals surface area (Å²) >= 11 is 0. The van der Waals surface area contributed by atoms with Gasteiger partial charge in [0.15, 0.2) is 11.2 Å². The third kappa shape index (κ3) is 5.56. The molecule has 8 heterocycles. The van der Waals surface area contributed by atoms with Gasteiger partial charge in [-0.25, -0.2) is 19.6 Å². The second-order valence-corrected chi connectivity index (χ2v) is 15.7. The molecule has 0 amide bonds. The van der Waals surface area contributed by atoms with Gasteiger partial charge in [-0.1, -0.05) is 19.9 Å². The summed E-state index contributed by atoms with van der Waals surface area (Å²) in [6.45, 7) is 4.04. The van der Waals surface area contributed by atoms with Crippen LogP contribution in [0, 0.1) is 10.1 Å². The summed E-state index contributed by atoms with van der Waals surface area (Å²) < 4.78 is 13.3. The molecule has 6 aromatic rings. The monoisotopic (exact) mass is 814 g/mol. The quantitative estimate of drug-likeness (QED) is 0.127. The average Bonchev–Trinajstić information content (AvgIpc) is 3.78. The lowest BCUT2D eigenvalue weighted by Crippen LogP contribution is -2.44. The van der Waals surface area contributed by atoms with Crippen molar-refractivity contribution in [3.63, 3.8) is 0 Å². The van der Waals surface area contributed by atoms with E-state index in [2.05, 4.69) is 4.98 Å². The van der Waals surface area contributed by atoms with Crippen LogP contribution < -0.4 is 11.1 Å². The van der Waals surface area contributed by atoms with E-state index < -0.39 is 28.1 Å². The fraction of sp³-hybridized carbons (Fsp3) is 0.302. The van der Waals surface area contributed by atoms with Gasteiger partial charge in [-0.15, -0.1) is 0 Å². The van der Waals surface area contributed by atoms with Crippen molar-refractivity contribution < 1.29 is 39.3 Å². The molecule has 2 atom stereocenters. The SMILES string of the molecule is CC[C@@]1(O)C(=O)OCc2c1cc1n(c2=O)Cc2cc3c(CN(C)C)c(O)ccc3nc2-1.CC[C@@]1(O)C(=O)OCc2c1cc1n(c2=O)Cc2cc3c([N+](=O)[O-])cccc3nc2-1. The minimum atomic E-state index is -1.89. The minimum absolute atomic E-state index is 0.0558. The van der Waals surface area contributed by atoms with Crippen molar-refractivity contribution in [3.05, 3.63) is 124 Å². The first-order valence-corrected chi connectivity index (χ1v) is 19.3. The van der Waals surface area contributed by atoms with E-state index in [1.54, 1.807) is 60.9 Å². The van der Waals surface area contributed by atoms with E-state index in [4.69, 9.17) is 14.5 Å². The second kappa shape index (κ2) is 13.6. The number of rotatable bonds is 5. The van der Waals surface area contributed by atoms with Crippen LogP contribution in [-0.2, 0) is 63.1 Å². The Morgan fingerprint density at radius 3 is 1.75 bits per heavy atom. The van der Waals surface area contributed by atoms with Crippen LogP contribution in [0.3, 0.4) is 0 Å². The number of pyridine rings is 4. The van der Waals surface area contributed by atoms with Gasteiger partial charge < -0.3 is 38.8 Å². The zero-order chi connectivity index (χ0) is 42.6. The number of hydrogen-bond donors (Lipinski definition) is 3. The molecule has 0 unspecified atom stereocenters. The van der Waals surface area contributed by atoms with Crippen LogP contribution in [0.25, 0.3) is 44.6 Å². The second-order valence-electron chi connectivity index (χ2n) is 15.7. The Kier molecular flexibility index (Phi) is 8.78. The standard InChI is InChI=1S/C23H23N3O5.C20H15N3O6/c1-4-23(30)16-8-18-20-12(9-26(18)21(28)15(16)11-31-22(23)29)7-13-14(10-25(2)3)19(27)6-5-17(13)24-20;1-2-20(26)13-7-16-17-10(8-22(16)18(24)12(13)9-29-19(20)25)6-11-14(21-17)4-3-5-15(11)23(27)28/h5-8,27,30H,4,9-11H2,1-3H3;3-7,26H,2,8-9H2,1H3/t23-;20-/m00/s1. The Labute approximate surface area is 339 Å². The van der Waals surface area contributed by atoms with Gasteiger partial charge >= 0.3 is 11.9 Å². The fourth-order valence-corrected chi connectivity index (χ4v) is 8.73. The molecule has 306 valence electrons. The molecule has 0 saturated carbocycles. The number of hydrogen-bond acceptors (Lipinski definition) is 14. The maximum Gasteiger partial charge on any atom is 0.343 e. The largest absolute Gasteiger partial charge is 0.508 e. The van der Waals surface area contributed by atoms with E-state index in [1.165, 1.54) is 10.6 Å². The smallest absolute Gasteiger partial charge is 0.343 e. The van der Waals surface area contributed by atoms with Gasteiger partial charge in [0.1, 0.15) is 19.0 Å². The van der Waals surface area contributed by atoms with E-state index in [0.717, 1.165) is 16.5 Å². The van der Waals surface area contributed by atoms with Crippen LogP contribution in [0.2, 0.25) is 0 Å². The minimum Gasteiger partial charge on any atom is -0.508 e. The fourth-order valence-electron chi connectivity index (χ4n) is 8.73. The summed E-state index contributed by atoms with van der Waals surface area (Å²) in [5.41, 5.74) is 2.27. The number of ether oxygens (including phenoxy) is 2. The summed E-state index contributed by atoms with van der Waals surface area (Å²) in [4.78, 5) is 73.0. The molecule has 0 aliphatic carbocycles. The molecule has 4 aliphatic heterocycles. The summed E-state index contributed by atoms with van der Waals surface area (Å²) in [6, 6.07) is 15.0. The topological polar surface area (TPSA) is 229 Å². The number of aliphatic hydroxyl groups is 2. The van der Waals surface area contributed by atoms with Crippen molar-refractivity contribution >= 4 is 39.4 Å². The molecule has 0 radical (unpaired) electrons. The average molecular weight is 815 g/mol. The number of carbonyl (C=O) groups excluding carboxylic acids is 2. The predicted molar refractivity (Wildman–Crippen MR) is 215 cm³/mol. The number of carbonyl (C=O) groups is 2. The maximum atomic E-state index is 13.2. The molecular weight excluding hydrogens is 777 g/mol. The Morgan fingerprint density at radius 2 is 1.27 bits per heavy atom. The Bertz CT molecular complexity index is 3050. The number of benzene rings is 2. The molecule has 60 heavy (non-hydrogen) atoms. The molecule has 4 aromatic heterocycles. The first-order chi connectivity index (χ1) is 28.6. The van der Waals surface area contributed by atoms with Gasteiger partial charge in [-0.3, -0.25) is 19.7 Å². The van der Waals surface area contributed by atoms with Crippen molar-refractivity contribution in [2.24, 2.45) is 0 Å². The van der Waals surface area contributed by atoms with Gasteiger partial charge in [0, 0.05) is 45.8 Å². The van der Waals surface area contributed by atoms with Crippen LogP contribution in [0.15, 0.2) is 64.2 Å². The number of phenols is 1. The van der Waals surface area contributed by atoms with Crippen LogP contribution in [0.4, 0.5) is 5.69 Å². The van der Waals surface area contributed by atoms with Crippen LogP contribution >= 0.6 is 0 Å². The molecule has 4 aliphatic rings. The first-order valence-electron chi connectivity index (χ1n) is 19.3. The number of nitro benzene ring substituents is 1. The van der Waals surface area contributed by atoms with Crippen LogP contribution in [-0.4, -0.2) is 70.3 Å². The number of non-ortho nitro benzene ring substituents is 1. The van der Waals surface area contributed by atoms with Crippen molar-refractivity contribution in [3.8, 4) is 28.5 Å². The third-order valence-corrected chi connectivity index (χ3v) is 12.0. The molecule has 2 aromatic carbocycles. The van der Waals surface area contributed by atoms with Crippen molar-refractivity contribution in [2.45, 2.75) is 70.7 Å². The Morgan fingerprint density at radius 1 is 0.767 bits per heavy atom. The highest BCUT2D eigenvalue weighted by Gasteiger charge is 2.47. The maximum absolute atomic E-state index is 13.2. The normalized spacial score (nSPS) is 19.4. The van der Waals surface area contributed by atoms with Gasteiger partial charge in [0.25, 0.3) is 16.8 Å². The molecule has 17 heteroatoms. The number of esters is 2. The highest BCUT2D eigenvalue weighted by molar-refractivity contribution is 5.92. The lowest BCUT2D eigenvalue weighted by atomic mass is 9.86. The van der Waals surface area contributed by atoms with Gasteiger partial charge in [-0.05, 0) is 69.4 Å². The number of fused-ring (bicyclic) bond motifs is 10. The number of aromatic nitrogens is 4. The summed E-state index contributed by atoms with van der Waals surface area (Å²) in [7, 11) is 3.86. The lowest BCUT2D eigenvalue weighted by Gasteiger charge is -2.31. The number of cyclic esters (lactones) is 2. The highest BCUT2D eigenvalue weighted by atomic mass is 16.6. The molecule has 0 fully saturated rings. The van der Waals surface area contributed by atoms with E-state index in [1.807, 2.05) is 25.1 Å². The third-order valence-electron chi connectivity index (χ3n) is 12.0. The lowest BCUT2D eigenvalue weighted by molar-refractivity contribution is -0.383. The molecular formula is C43H38N6O11. The number of nitro groups is 1. The molecule has 3 N–H and O–H groups in total. The highest BCUT2D eigenvalue weighted by Crippen LogP contribution is 2.41. The summed E-state index contributed by atoms with van der Waals surface area (Å²) in [6.07, 6.45) is 0.166. The van der Waals surface area contributed by atoms with E-state index in [-0.39, 0.29) is 66.3 Å². The molecule has 0 bridgehead atoms. The van der Waals surface area contributed by atoms with Crippen molar-refractivity contribution in [1.29, 1.82) is 0 Å². The van der Waals surface area contributed by atoms with Crippen molar-refractivity contribution in [1.82, 2.24) is 24.0 Å².